The Bertz CT molecular complexity index is 878. The van der Waals surface area contributed by atoms with E-state index in [9.17, 15) is 14.4 Å². The Morgan fingerprint density at radius 1 is 1.28 bits per heavy atom. The number of ether oxygens (including phenoxy) is 1. The predicted octanol–water partition coefficient (Wildman–Crippen LogP) is 2.14. The SMILES string of the molecule is Cc1cc(NC(=O)CSCC(=O)OCC(=O)N(CCC#N)c2ccccc2)no1. The number of anilines is 2. The lowest BCUT2D eigenvalue weighted by atomic mass is 10.2. The second-order valence-corrected chi connectivity index (χ2v) is 6.80. The zero-order valence-electron chi connectivity index (χ0n) is 15.8. The fourth-order valence-corrected chi connectivity index (χ4v) is 2.87. The highest BCUT2D eigenvalue weighted by molar-refractivity contribution is 8.00. The summed E-state index contributed by atoms with van der Waals surface area (Å²) in [7, 11) is 0. The fraction of sp³-hybridized carbons (Fsp3) is 0.316. The summed E-state index contributed by atoms with van der Waals surface area (Å²) < 4.78 is 9.84. The summed E-state index contributed by atoms with van der Waals surface area (Å²) in [4.78, 5) is 37.4. The standard InChI is InChI=1S/C19H20N4O5S/c1-14-10-16(22-28-14)21-17(24)12-29-13-19(26)27-11-18(25)23(9-5-8-20)15-6-3-2-4-7-15/h2-4,6-7,10H,5,9,11-13H2,1H3,(H,21,22,24). The summed E-state index contributed by atoms with van der Waals surface area (Å²) in [5, 5.41) is 15.0. The lowest BCUT2D eigenvalue weighted by Crippen LogP contribution is -2.35. The van der Waals surface area contributed by atoms with E-state index in [0.717, 1.165) is 11.8 Å². The van der Waals surface area contributed by atoms with Gasteiger partial charge < -0.3 is 19.5 Å². The first-order valence-electron chi connectivity index (χ1n) is 8.68. The molecular weight excluding hydrogens is 396 g/mol. The van der Waals surface area contributed by atoms with E-state index in [1.807, 2.05) is 12.1 Å². The van der Waals surface area contributed by atoms with E-state index in [0.29, 0.717) is 17.3 Å². The molecule has 2 aromatic rings. The zero-order valence-corrected chi connectivity index (χ0v) is 16.6. The second-order valence-electron chi connectivity index (χ2n) is 5.81. The summed E-state index contributed by atoms with van der Waals surface area (Å²) in [6.45, 7) is 1.46. The van der Waals surface area contributed by atoms with E-state index in [-0.39, 0.29) is 30.4 Å². The molecule has 0 unspecified atom stereocenters. The summed E-state index contributed by atoms with van der Waals surface area (Å²) in [5.41, 5.74) is 0.623. The van der Waals surface area contributed by atoms with Crippen molar-refractivity contribution >= 4 is 41.1 Å². The Hall–Kier alpha value is -3.32. The number of hydrogen-bond acceptors (Lipinski definition) is 8. The van der Waals surface area contributed by atoms with Gasteiger partial charge in [-0.05, 0) is 19.1 Å². The Balaban J connectivity index is 1.73. The van der Waals surface area contributed by atoms with Gasteiger partial charge in [0, 0.05) is 18.3 Å². The quantitative estimate of drug-likeness (QED) is 0.584. The summed E-state index contributed by atoms with van der Waals surface area (Å²) >= 11 is 1.05. The van der Waals surface area contributed by atoms with Crippen molar-refractivity contribution in [3.8, 4) is 6.07 Å². The van der Waals surface area contributed by atoms with E-state index in [1.54, 1.807) is 37.3 Å². The monoisotopic (exact) mass is 416 g/mol. The number of amides is 2. The third kappa shape index (κ3) is 7.67. The van der Waals surface area contributed by atoms with Crippen molar-refractivity contribution in [1.82, 2.24) is 5.16 Å². The van der Waals surface area contributed by atoms with E-state index in [2.05, 4.69) is 10.5 Å². The van der Waals surface area contributed by atoms with Gasteiger partial charge in [0.15, 0.2) is 12.4 Å². The second kappa shape index (κ2) is 11.5. The van der Waals surface area contributed by atoms with Crippen LogP contribution < -0.4 is 10.2 Å². The van der Waals surface area contributed by atoms with E-state index in [1.165, 1.54) is 4.90 Å². The molecule has 9 nitrogen and oxygen atoms in total. The molecule has 0 spiro atoms. The number of aromatic nitrogens is 1. The van der Waals surface area contributed by atoms with Crippen LogP contribution in [0.15, 0.2) is 40.9 Å². The molecule has 1 heterocycles. The molecule has 0 radical (unpaired) electrons. The predicted molar refractivity (Wildman–Crippen MR) is 107 cm³/mol. The minimum atomic E-state index is -0.610. The van der Waals surface area contributed by atoms with Gasteiger partial charge in [-0.25, -0.2) is 0 Å². The van der Waals surface area contributed by atoms with Gasteiger partial charge in [-0.1, -0.05) is 23.4 Å². The Kier molecular flexibility index (Phi) is 8.72. The van der Waals surface area contributed by atoms with Crippen LogP contribution >= 0.6 is 11.8 Å². The van der Waals surface area contributed by atoms with E-state index >= 15 is 0 Å². The molecule has 0 bridgehead atoms. The summed E-state index contributed by atoms with van der Waals surface area (Å²) in [6.07, 6.45) is 0.157. The maximum atomic E-state index is 12.4. The van der Waals surface area contributed by atoms with Crippen molar-refractivity contribution < 1.29 is 23.6 Å². The number of carbonyl (C=O) groups excluding carboxylic acids is 3. The minimum Gasteiger partial charge on any atom is -0.455 e. The average molecular weight is 416 g/mol. The molecule has 10 heteroatoms. The first kappa shape index (κ1) is 22.0. The number of rotatable bonds is 10. The van der Waals surface area contributed by atoms with Gasteiger partial charge in [0.2, 0.25) is 5.91 Å². The number of esters is 1. The van der Waals surface area contributed by atoms with Crippen LogP contribution in [0, 0.1) is 18.3 Å². The van der Waals surface area contributed by atoms with Gasteiger partial charge in [0.25, 0.3) is 5.91 Å². The minimum absolute atomic E-state index is 0.0211. The first-order chi connectivity index (χ1) is 14.0. The highest BCUT2D eigenvalue weighted by Gasteiger charge is 2.17. The lowest BCUT2D eigenvalue weighted by Gasteiger charge is -2.21. The normalized spacial score (nSPS) is 10.1. The first-order valence-corrected chi connectivity index (χ1v) is 9.84. The number of hydrogen-bond donors (Lipinski definition) is 1. The van der Waals surface area contributed by atoms with Crippen molar-refractivity contribution in [2.24, 2.45) is 0 Å². The molecular formula is C19H20N4O5S. The zero-order chi connectivity index (χ0) is 21.1. The van der Waals surface area contributed by atoms with Gasteiger partial charge in [-0.2, -0.15) is 5.26 Å². The maximum absolute atomic E-state index is 12.4. The molecule has 0 aliphatic heterocycles. The van der Waals surface area contributed by atoms with Crippen LogP contribution in [0.25, 0.3) is 0 Å². The molecule has 2 rings (SSSR count). The fourth-order valence-electron chi connectivity index (χ4n) is 2.26. The van der Waals surface area contributed by atoms with Crippen molar-refractivity contribution in [3.63, 3.8) is 0 Å². The van der Waals surface area contributed by atoms with Crippen LogP contribution in [-0.2, 0) is 19.1 Å². The number of benzene rings is 1. The molecule has 2 amide bonds. The Morgan fingerprint density at radius 3 is 2.69 bits per heavy atom. The van der Waals surface area contributed by atoms with Gasteiger partial charge in [-0.3, -0.25) is 14.4 Å². The Labute approximate surface area is 172 Å². The van der Waals surface area contributed by atoms with Crippen molar-refractivity contribution in [1.29, 1.82) is 5.26 Å². The van der Waals surface area contributed by atoms with Crippen molar-refractivity contribution in [2.45, 2.75) is 13.3 Å². The topological polar surface area (TPSA) is 126 Å². The average Bonchev–Trinajstić information content (AvgIpc) is 3.12. The highest BCUT2D eigenvalue weighted by Crippen LogP contribution is 2.14. The van der Waals surface area contributed by atoms with Crippen LogP contribution in [0.4, 0.5) is 11.5 Å². The molecule has 1 aromatic carbocycles. The van der Waals surface area contributed by atoms with Crippen LogP contribution in [0.5, 0.6) is 0 Å². The number of carbonyl (C=O) groups is 3. The molecule has 29 heavy (non-hydrogen) atoms. The van der Waals surface area contributed by atoms with Gasteiger partial charge >= 0.3 is 5.97 Å². The molecule has 0 saturated carbocycles. The van der Waals surface area contributed by atoms with E-state index < -0.39 is 18.5 Å². The van der Waals surface area contributed by atoms with Crippen molar-refractivity contribution in [3.05, 3.63) is 42.2 Å². The highest BCUT2D eigenvalue weighted by atomic mass is 32.2. The Morgan fingerprint density at radius 2 is 2.03 bits per heavy atom. The molecule has 1 aromatic heterocycles. The number of thioether (sulfide) groups is 1. The molecule has 0 aliphatic carbocycles. The van der Waals surface area contributed by atoms with Crippen molar-refractivity contribution in [2.75, 3.05) is 34.9 Å². The number of para-hydroxylation sites is 1. The smallest absolute Gasteiger partial charge is 0.316 e. The molecule has 0 saturated heterocycles. The van der Waals surface area contributed by atoms with Crippen LogP contribution in [0.2, 0.25) is 0 Å². The lowest BCUT2D eigenvalue weighted by molar-refractivity contribution is -0.145. The summed E-state index contributed by atoms with van der Waals surface area (Å²) in [6, 6.07) is 12.4. The molecule has 0 atom stereocenters. The van der Waals surface area contributed by atoms with Gasteiger partial charge in [0.05, 0.1) is 24.0 Å². The number of aryl methyl sites for hydroxylation is 1. The third-order valence-corrected chi connectivity index (χ3v) is 4.43. The van der Waals surface area contributed by atoms with Crippen LogP contribution in [-0.4, -0.2) is 47.6 Å². The number of nitrogens with zero attached hydrogens (tertiary/aromatic N) is 3. The van der Waals surface area contributed by atoms with Gasteiger partial charge in [-0.15, -0.1) is 11.8 Å². The summed E-state index contributed by atoms with van der Waals surface area (Å²) in [5.74, 6) is -0.556. The van der Waals surface area contributed by atoms with E-state index in [4.69, 9.17) is 14.5 Å². The number of nitriles is 1. The maximum Gasteiger partial charge on any atom is 0.316 e. The molecule has 1 N–H and O–H groups in total. The molecule has 152 valence electrons. The molecule has 0 fully saturated rings. The largest absolute Gasteiger partial charge is 0.455 e. The van der Waals surface area contributed by atoms with Crippen LogP contribution in [0.1, 0.15) is 12.2 Å². The molecule has 0 aliphatic rings. The van der Waals surface area contributed by atoms with Crippen LogP contribution in [0.3, 0.4) is 0 Å². The third-order valence-electron chi connectivity index (χ3n) is 3.52. The number of nitrogens with one attached hydrogen (secondary N) is 1. The van der Waals surface area contributed by atoms with Gasteiger partial charge in [0.1, 0.15) is 5.76 Å².